The van der Waals surface area contributed by atoms with Gasteiger partial charge in [0.2, 0.25) is 0 Å². The Morgan fingerprint density at radius 1 is 1.17 bits per heavy atom. The lowest BCUT2D eigenvalue weighted by atomic mass is 10.0. The number of nitrogens with one attached hydrogen (secondary N) is 2. The normalized spacial score (nSPS) is 13.1. The van der Waals surface area contributed by atoms with Crippen LogP contribution in [0.15, 0.2) is 18.2 Å². The molecular weight excluding hydrogens is 330 g/mol. The van der Waals surface area contributed by atoms with Crippen molar-refractivity contribution < 1.29 is 9.47 Å². The lowest BCUT2D eigenvalue weighted by molar-refractivity contribution is 0.405. The van der Waals surface area contributed by atoms with Gasteiger partial charge in [0.15, 0.2) is 10.2 Å². The molecule has 1 aromatic heterocycles. The molecular formula is C16H19N3O2S2. The van der Waals surface area contributed by atoms with E-state index in [1.807, 2.05) is 18.2 Å². The molecule has 0 radical (unpaired) electrons. The number of methoxy groups -OCH3 is 2. The molecule has 0 saturated heterocycles. The van der Waals surface area contributed by atoms with Crippen LogP contribution in [0.5, 0.6) is 11.5 Å². The van der Waals surface area contributed by atoms with Crippen LogP contribution in [0.25, 0.3) is 0 Å². The first-order valence-corrected chi connectivity index (χ1v) is 8.70. The van der Waals surface area contributed by atoms with Gasteiger partial charge in [-0.15, -0.1) is 11.3 Å². The average Bonchev–Trinajstić information content (AvgIpc) is 2.96. The first kappa shape index (κ1) is 16.0. The number of fused-ring (bicyclic) bond motifs is 1. The fourth-order valence-corrected chi connectivity index (χ4v) is 3.89. The largest absolute Gasteiger partial charge is 0.497 e. The van der Waals surface area contributed by atoms with Crippen molar-refractivity contribution in [3.8, 4) is 11.5 Å². The predicted octanol–water partition coefficient (Wildman–Crippen LogP) is 3.85. The van der Waals surface area contributed by atoms with Gasteiger partial charge in [-0.3, -0.25) is 0 Å². The van der Waals surface area contributed by atoms with Crippen LogP contribution in [0.4, 0.5) is 10.8 Å². The minimum absolute atomic E-state index is 0.489. The van der Waals surface area contributed by atoms with Crippen molar-refractivity contribution in [1.82, 2.24) is 4.98 Å². The van der Waals surface area contributed by atoms with E-state index < -0.39 is 0 Å². The zero-order valence-corrected chi connectivity index (χ0v) is 14.8. The number of hydrogen-bond acceptors (Lipinski definition) is 5. The maximum absolute atomic E-state index is 5.39. The van der Waals surface area contributed by atoms with Crippen LogP contribution in [0.2, 0.25) is 0 Å². The van der Waals surface area contributed by atoms with E-state index in [1.165, 1.54) is 23.4 Å². The van der Waals surface area contributed by atoms with Crippen LogP contribution in [0.1, 0.15) is 23.4 Å². The highest BCUT2D eigenvalue weighted by molar-refractivity contribution is 7.80. The predicted molar refractivity (Wildman–Crippen MR) is 98.1 cm³/mol. The van der Waals surface area contributed by atoms with Crippen molar-refractivity contribution in [3.63, 3.8) is 0 Å². The number of thiocarbonyl (C=S) groups is 1. The summed E-state index contributed by atoms with van der Waals surface area (Å²) in [5.41, 5.74) is 1.97. The molecule has 23 heavy (non-hydrogen) atoms. The number of thiazole rings is 1. The summed E-state index contributed by atoms with van der Waals surface area (Å²) in [5.74, 6) is 1.44. The number of aryl methyl sites for hydroxylation is 2. The fraction of sp³-hybridized carbons (Fsp3) is 0.375. The maximum Gasteiger partial charge on any atom is 0.189 e. The van der Waals surface area contributed by atoms with E-state index >= 15 is 0 Å². The molecule has 2 N–H and O–H groups in total. The van der Waals surface area contributed by atoms with Crippen molar-refractivity contribution in [3.05, 3.63) is 28.8 Å². The highest BCUT2D eigenvalue weighted by atomic mass is 32.1. The van der Waals surface area contributed by atoms with Crippen molar-refractivity contribution in [2.24, 2.45) is 0 Å². The lowest BCUT2D eigenvalue weighted by Crippen LogP contribution is -2.19. The summed E-state index contributed by atoms with van der Waals surface area (Å²) in [7, 11) is 3.25. The highest BCUT2D eigenvalue weighted by Gasteiger charge is 2.16. The highest BCUT2D eigenvalue weighted by Crippen LogP contribution is 2.31. The molecule has 0 fully saturated rings. The summed E-state index contributed by atoms with van der Waals surface area (Å²) in [6, 6.07) is 5.53. The summed E-state index contributed by atoms with van der Waals surface area (Å²) in [5, 5.41) is 7.65. The molecule has 1 aliphatic rings. The summed E-state index contributed by atoms with van der Waals surface area (Å²) in [6.45, 7) is 0. The van der Waals surface area contributed by atoms with E-state index in [2.05, 4.69) is 15.6 Å². The molecule has 0 atom stereocenters. The smallest absolute Gasteiger partial charge is 0.189 e. The second kappa shape index (κ2) is 7.14. The molecule has 1 aliphatic carbocycles. The van der Waals surface area contributed by atoms with Gasteiger partial charge in [0.1, 0.15) is 11.5 Å². The molecule has 1 aromatic carbocycles. The van der Waals surface area contributed by atoms with E-state index in [0.717, 1.165) is 29.4 Å². The van der Waals surface area contributed by atoms with Crippen LogP contribution in [0, 0.1) is 0 Å². The zero-order valence-electron chi connectivity index (χ0n) is 13.1. The summed E-state index contributed by atoms with van der Waals surface area (Å²) >= 11 is 7.08. The number of anilines is 2. The first-order valence-electron chi connectivity index (χ1n) is 7.48. The molecule has 0 spiro atoms. The van der Waals surface area contributed by atoms with E-state index in [4.69, 9.17) is 21.7 Å². The molecule has 3 rings (SSSR count). The van der Waals surface area contributed by atoms with Gasteiger partial charge in [-0.1, -0.05) is 0 Å². The zero-order chi connectivity index (χ0) is 16.2. The second-order valence-corrected chi connectivity index (χ2v) is 6.73. The van der Waals surface area contributed by atoms with Crippen LogP contribution in [0.3, 0.4) is 0 Å². The number of ether oxygens (including phenoxy) is 2. The van der Waals surface area contributed by atoms with Gasteiger partial charge in [0.05, 0.1) is 25.6 Å². The molecule has 1 heterocycles. The Hall–Kier alpha value is -1.86. The standard InChI is InChI=1S/C16H19N3O2S2/c1-20-10-7-8-13(21-2)12(9-10)17-15(22)19-16-18-11-5-3-4-6-14(11)23-16/h7-9H,3-6H2,1-2H3,(H2,17,18,19,22). The van der Waals surface area contributed by atoms with Crippen LogP contribution >= 0.6 is 23.6 Å². The third kappa shape index (κ3) is 3.73. The van der Waals surface area contributed by atoms with E-state index in [0.29, 0.717) is 10.9 Å². The molecule has 2 aromatic rings. The molecule has 7 heteroatoms. The second-order valence-electron chi connectivity index (χ2n) is 5.24. The Bertz CT molecular complexity index is 692. The number of nitrogens with zero attached hydrogens (tertiary/aromatic N) is 1. The first-order chi connectivity index (χ1) is 11.2. The van der Waals surface area contributed by atoms with Gasteiger partial charge in [-0.2, -0.15) is 0 Å². The van der Waals surface area contributed by atoms with Crippen LogP contribution < -0.4 is 20.1 Å². The summed E-state index contributed by atoms with van der Waals surface area (Å²) in [4.78, 5) is 6.01. The maximum atomic E-state index is 5.39. The van der Waals surface area contributed by atoms with Crippen LogP contribution in [-0.2, 0) is 12.8 Å². The number of benzene rings is 1. The Balaban J connectivity index is 1.70. The molecule has 0 amide bonds. The van der Waals surface area contributed by atoms with Crippen molar-refractivity contribution >= 4 is 39.5 Å². The summed E-state index contributed by atoms with van der Waals surface area (Å²) in [6.07, 6.45) is 4.66. The van der Waals surface area contributed by atoms with Crippen molar-refractivity contribution in [1.29, 1.82) is 0 Å². The van der Waals surface area contributed by atoms with E-state index in [1.54, 1.807) is 25.6 Å². The van der Waals surface area contributed by atoms with E-state index in [9.17, 15) is 0 Å². The third-order valence-corrected chi connectivity index (χ3v) is 5.00. The molecule has 122 valence electrons. The summed E-state index contributed by atoms with van der Waals surface area (Å²) < 4.78 is 10.6. The fourth-order valence-electron chi connectivity index (χ4n) is 2.57. The SMILES string of the molecule is COc1ccc(OC)c(NC(=S)Nc2nc3c(s2)CCCC3)c1. The number of aromatic nitrogens is 1. The van der Waals surface area contributed by atoms with E-state index in [-0.39, 0.29) is 0 Å². The monoisotopic (exact) mass is 349 g/mol. The van der Waals surface area contributed by atoms with Gasteiger partial charge in [-0.25, -0.2) is 4.98 Å². The van der Waals surface area contributed by atoms with Gasteiger partial charge >= 0.3 is 0 Å². The van der Waals surface area contributed by atoms with Crippen LogP contribution in [-0.4, -0.2) is 24.3 Å². The average molecular weight is 349 g/mol. The molecule has 0 aliphatic heterocycles. The number of hydrogen-bond donors (Lipinski definition) is 2. The minimum atomic E-state index is 0.489. The van der Waals surface area contributed by atoms with Crippen molar-refractivity contribution in [2.75, 3.05) is 24.9 Å². The number of rotatable bonds is 4. The Kier molecular flexibility index (Phi) is 4.97. The van der Waals surface area contributed by atoms with Gasteiger partial charge < -0.3 is 20.1 Å². The Morgan fingerprint density at radius 2 is 2.00 bits per heavy atom. The Labute approximate surface area is 145 Å². The quantitative estimate of drug-likeness (QED) is 0.818. The minimum Gasteiger partial charge on any atom is -0.497 e. The molecule has 0 unspecified atom stereocenters. The Morgan fingerprint density at radius 3 is 2.74 bits per heavy atom. The molecule has 5 nitrogen and oxygen atoms in total. The lowest BCUT2D eigenvalue weighted by Gasteiger charge is -2.13. The van der Waals surface area contributed by atoms with Crippen molar-refractivity contribution in [2.45, 2.75) is 25.7 Å². The van der Waals surface area contributed by atoms with Gasteiger partial charge in [-0.05, 0) is 50.0 Å². The third-order valence-electron chi connectivity index (χ3n) is 3.72. The topological polar surface area (TPSA) is 55.4 Å². The molecule has 0 saturated carbocycles. The van der Waals surface area contributed by atoms with Gasteiger partial charge in [0, 0.05) is 10.9 Å². The molecule has 0 bridgehead atoms. The van der Waals surface area contributed by atoms with Gasteiger partial charge in [0.25, 0.3) is 0 Å².